The number of nitrogens with zero attached hydrogens (tertiary/aromatic N) is 4. The topological polar surface area (TPSA) is 53.4 Å². The number of hydrazine groups is 1. The van der Waals surface area contributed by atoms with Gasteiger partial charge in [0.05, 0.1) is 16.3 Å². The Balaban J connectivity index is 1.60. The molecule has 25 heavy (non-hydrogen) atoms. The van der Waals surface area contributed by atoms with E-state index in [1.807, 2.05) is 53.0 Å². The Kier molecular flexibility index (Phi) is 4.29. The maximum absolute atomic E-state index is 12.6. The molecule has 0 spiro atoms. The number of rotatable bonds is 3. The van der Waals surface area contributed by atoms with E-state index in [9.17, 15) is 4.79 Å². The number of amides is 1. The molecule has 1 fully saturated rings. The van der Waals surface area contributed by atoms with Crippen LogP contribution in [0, 0.1) is 6.92 Å². The van der Waals surface area contributed by atoms with Crippen LogP contribution in [0.5, 0.6) is 0 Å². The maximum Gasteiger partial charge on any atom is 0.275 e. The number of carbonyl (C=O) groups excluding carboxylic acids is 1. The number of aryl methyl sites for hydroxylation is 1. The lowest BCUT2D eigenvalue weighted by Crippen LogP contribution is -2.52. The molecule has 3 aromatic rings. The van der Waals surface area contributed by atoms with E-state index in [0.29, 0.717) is 0 Å². The first-order valence-corrected chi connectivity index (χ1v) is 9.22. The van der Waals surface area contributed by atoms with E-state index < -0.39 is 0 Å². The van der Waals surface area contributed by atoms with Crippen molar-refractivity contribution in [2.24, 2.45) is 0 Å². The molecule has 0 aliphatic carbocycles. The fourth-order valence-electron chi connectivity index (χ4n) is 3.02. The van der Waals surface area contributed by atoms with Gasteiger partial charge in [0.2, 0.25) is 0 Å². The van der Waals surface area contributed by atoms with E-state index in [0.717, 1.165) is 52.7 Å². The van der Waals surface area contributed by atoms with Crippen LogP contribution in [0.3, 0.4) is 0 Å². The number of fused-ring (bicyclic) bond motifs is 1. The van der Waals surface area contributed by atoms with Gasteiger partial charge >= 0.3 is 0 Å². The predicted octanol–water partition coefficient (Wildman–Crippen LogP) is 2.29. The number of benzene rings is 1. The summed E-state index contributed by atoms with van der Waals surface area (Å²) >= 11 is 1.49. The van der Waals surface area contributed by atoms with Crippen molar-refractivity contribution >= 4 is 27.5 Å². The smallest absolute Gasteiger partial charge is 0.275 e. The lowest BCUT2D eigenvalue weighted by atomic mass is 10.3. The normalized spacial score (nSPS) is 16.4. The Morgan fingerprint density at radius 1 is 1.16 bits per heavy atom. The largest absolute Gasteiger partial charge is 0.304 e. The molecule has 1 aliphatic heterocycles. The molecule has 0 radical (unpaired) electrons. The van der Waals surface area contributed by atoms with Gasteiger partial charge in [-0.1, -0.05) is 18.2 Å². The monoisotopic (exact) mass is 355 g/mol. The number of hydrogen-bond acceptors (Lipinski definition) is 5. The highest BCUT2D eigenvalue weighted by atomic mass is 32.1. The zero-order valence-corrected chi connectivity index (χ0v) is 15.2. The van der Waals surface area contributed by atoms with Crippen LogP contribution < -0.4 is 5.43 Å². The quantitative estimate of drug-likeness (QED) is 0.783. The van der Waals surface area contributed by atoms with Gasteiger partial charge in [-0.15, -0.1) is 11.3 Å². The summed E-state index contributed by atoms with van der Waals surface area (Å²) in [5, 5.41) is 7.67. The second-order valence-electron chi connectivity index (χ2n) is 6.39. The van der Waals surface area contributed by atoms with Crippen LogP contribution in [0.15, 0.2) is 36.4 Å². The van der Waals surface area contributed by atoms with Crippen molar-refractivity contribution in [1.82, 2.24) is 25.1 Å². The molecular formula is C18H21N5OS. The first-order valence-electron chi connectivity index (χ1n) is 8.41. The van der Waals surface area contributed by atoms with E-state index in [1.165, 1.54) is 11.3 Å². The second-order valence-corrected chi connectivity index (χ2v) is 7.42. The minimum absolute atomic E-state index is 0.0373. The number of piperazine rings is 1. The van der Waals surface area contributed by atoms with Crippen LogP contribution >= 0.6 is 11.3 Å². The molecule has 0 unspecified atom stereocenters. The van der Waals surface area contributed by atoms with Gasteiger partial charge in [-0.25, -0.2) is 9.69 Å². The van der Waals surface area contributed by atoms with E-state index in [-0.39, 0.29) is 5.91 Å². The van der Waals surface area contributed by atoms with Crippen molar-refractivity contribution in [3.63, 3.8) is 0 Å². The first-order chi connectivity index (χ1) is 12.1. The molecule has 4 rings (SSSR count). The standard InChI is InChI=1S/C18H21N5OS/c1-13-15-12-16(17(24)20-22-10-8-21(2)9-11-22)25-18(15)23(19-13)14-6-4-3-5-7-14/h3-7,12H,8-11H2,1-2H3,(H,20,24). The highest BCUT2D eigenvalue weighted by Gasteiger charge is 2.20. The summed E-state index contributed by atoms with van der Waals surface area (Å²) in [7, 11) is 2.10. The molecule has 1 aromatic carbocycles. The van der Waals surface area contributed by atoms with Crippen molar-refractivity contribution in [3.8, 4) is 5.69 Å². The molecule has 2 aromatic heterocycles. The average molecular weight is 355 g/mol. The summed E-state index contributed by atoms with van der Waals surface area (Å²) in [5.74, 6) is -0.0373. The third-order valence-corrected chi connectivity index (χ3v) is 5.64. The summed E-state index contributed by atoms with van der Waals surface area (Å²) in [4.78, 5) is 16.6. The van der Waals surface area contributed by atoms with Crippen molar-refractivity contribution < 1.29 is 4.79 Å². The summed E-state index contributed by atoms with van der Waals surface area (Å²) in [5.41, 5.74) is 4.98. The zero-order chi connectivity index (χ0) is 17.4. The van der Waals surface area contributed by atoms with Crippen LogP contribution in [0.2, 0.25) is 0 Å². The fourth-order valence-corrected chi connectivity index (χ4v) is 4.09. The third-order valence-electron chi connectivity index (χ3n) is 4.53. The Hall–Kier alpha value is -2.22. The summed E-state index contributed by atoms with van der Waals surface area (Å²) in [6.45, 7) is 5.62. The van der Waals surface area contributed by atoms with Crippen molar-refractivity contribution in [3.05, 3.63) is 47.0 Å². The molecule has 130 valence electrons. The lowest BCUT2D eigenvalue weighted by molar-refractivity contribution is 0.0666. The van der Waals surface area contributed by atoms with Crippen LogP contribution in [0.1, 0.15) is 15.4 Å². The SMILES string of the molecule is Cc1nn(-c2ccccc2)c2sc(C(=O)NN3CCN(C)CC3)cc12. The Morgan fingerprint density at radius 3 is 2.60 bits per heavy atom. The van der Waals surface area contributed by atoms with Crippen LogP contribution in [0.4, 0.5) is 0 Å². The van der Waals surface area contributed by atoms with Crippen LogP contribution in [-0.2, 0) is 0 Å². The maximum atomic E-state index is 12.6. The van der Waals surface area contributed by atoms with Crippen molar-refractivity contribution in [2.45, 2.75) is 6.92 Å². The molecule has 1 N–H and O–H groups in total. The fraction of sp³-hybridized carbons (Fsp3) is 0.333. The van der Waals surface area contributed by atoms with Gasteiger partial charge < -0.3 is 4.90 Å². The predicted molar refractivity (Wildman–Crippen MR) is 100 cm³/mol. The summed E-state index contributed by atoms with van der Waals surface area (Å²) in [6.07, 6.45) is 0. The Labute approximate surface area is 150 Å². The van der Waals surface area contributed by atoms with Gasteiger partial charge in [0, 0.05) is 31.6 Å². The Bertz CT molecular complexity index is 893. The number of aromatic nitrogens is 2. The highest BCUT2D eigenvalue weighted by Crippen LogP contribution is 2.30. The van der Waals surface area contributed by atoms with Crippen LogP contribution in [0.25, 0.3) is 15.9 Å². The van der Waals surface area contributed by atoms with Crippen molar-refractivity contribution in [1.29, 1.82) is 0 Å². The summed E-state index contributed by atoms with van der Waals surface area (Å²) in [6, 6.07) is 12.0. The van der Waals surface area contributed by atoms with Gasteiger partial charge in [-0.2, -0.15) is 5.10 Å². The number of carbonyl (C=O) groups is 1. The third kappa shape index (κ3) is 3.18. The first kappa shape index (κ1) is 16.3. The molecule has 7 heteroatoms. The molecule has 1 saturated heterocycles. The second kappa shape index (κ2) is 6.59. The average Bonchev–Trinajstić information content (AvgIpc) is 3.19. The molecule has 1 aliphatic rings. The highest BCUT2D eigenvalue weighted by molar-refractivity contribution is 7.20. The minimum atomic E-state index is -0.0373. The van der Waals surface area contributed by atoms with Gasteiger partial charge in [0.15, 0.2) is 0 Å². The number of para-hydroxylation sites is 1. The van der Waals surface area contributed by atoms with Gasteiger partial charge in [0.1, 0.15) is 4.83 Å². The van der Waals surface area contributed by atoms with E-state index in [1.54, 1.807) is 0 Å². The molecular weight excluding hydrogens is 334 g/mol. The lowest BCUT2D eigenvalue weighted by Gasteiger charge is -2.32. The van der Waals surface area contributed by atoms with E-state index in [2.05, 4.69) is 22.5 Å². The summed E-state index contributed by atoms with van der Waals surface area (Å²) < 4.78 is 1.92. The molecule has 0 atom stereocenters. The number of hydrogen-bond donors (Lipinski definition) is 1. The Morgan fingerprint density at radius 2 is 1.88 bits per heavy atom. The van der Waals surface area contributed by atoms with E-state index in [4.69, 9.17) is 0 Å². The molecule has 6 nitrogen and oxygen atoms in total. The molecule has 0 bridgehead atoms. The van der Waals surface area contributed by atoms with Gasteiger partial charge in [-0.05, 0) is 32.2 Å². The van der Waals surface area contributed by atoms with Gasteiger partial charge in [0.25, 0.3) is 5.91 Å². The zero-order valence-electron chi connectivity index (χ0n) is 14.4. The van der Waals surface area contributed by atoms with Gasteiger partial charge in [-0.3, -0.25) is 10.2 Å². The van der Waals surface area contributed by atoms with Crippen LogP contribution in [-0.4, -0.2) is 58.8 Å². The molecule has 1 amide bonds. The van der Waals surface area contributed by atoms with Crippen molar-refractivity contribution in [2.75, 3.05) is 33.2 Å². The number of thiophene rings is 1. The number of nitrogens with one attached hydrogen (secondary N) is 1. The number of likely N-dealkylation sites (N-methyl/N-ethyl adjacent to an activating group) is 1. The van der Waals surface area contributed by atoms with E-state index >= 15 is 0 Å². The minimum Gasteiger partial charge on any atom is -0.304 e. The molecule has 0 saturated carbocycles. The molecule has 3 heterocycles.